The Hall–Kier alpha value is -3.45. The van der Waals surface area contributed by atoms with Crippen molar-refractivity contribution in [2.75, 3.05) is 0 Å². The third-order valence-corrected chi connectivity index (χ3v) is 4.42. The number of carbonyl (C=O) groups excluding carboxylic acids is 2. The number of phenolic OH excluding ortho intramolecular Hbond substituents is 1. The molecule has 29 heavy (non-hydrogen) atoms. The Morgan fingerprint density at radius 2 is 1.79 bits per heavy atom. The Labute approximate surface area is 176 Å². The van der Waals surface area contributed by atoms with Crippen LogP contribution in [-0.4, -0.2) is 23.2 Å². The number of aryl methyl sites for hydroxylation is 1. The Kier molecular flexibility index (Phi) is 6.41. The van der Waals surface area contributed by atoms with E-state index in [1.807, 2.05) is 13.0 Å². The minimum Gasteiger partial charge on any atom is -0.508 e. The molecule has 0 aliphatic rings. The molecule has 0 spiro atoms. The molecule has 0 aliphatic carbocycles. The molecule has 0 saturated carbocycles. The van der Waals surface area contributed by atoms with Gasteiger partial charge in [-0.25, -0.2) is 10.2 Å². The van der Waals surface area contributed by atoms with Gasteiger partial charge in [-0.1, -0.05) is 33.6 Å². The Morgan fingerprint density at radius 3 is 2.52 bits per heavy atom. The minimum absolute atomic E-state index is 0.0688. The first-order valence-corrected chi connectivity index (χ1v) is 9.42. The van der Waals surface area contributed by atoms with E-state index in [4.69, 9.17) is 4.74 Å². The van der Waals surface area contributed by atoms with E-state index >= 15 is 0 Å². The first-order valence-electron chi connectivity index (χ1n) is 8.63. The van der Waals surface area contributed by atoms with Crippen molar-refractivity contribution in [3.63, 3.8) is 0 Å². The molecule has 6 nitrogen and oxygen atoms in total. The van der Waals surface area contributed by atoms with Crippen LogP contribution < -0.4 is 10.2 Å². The Bertz CT molecular complexity index is 1080. The van der Waals surface area contributed by atoms with Crippen molar-refractivity contribution in [3.8, 4) is 11.5 Å². The molecule has 7 heteroatoms. The quantitative estimate of drug-likeness (QED) is 0.259. The average Bonchev–Trinajstić information content (AvgIpc) is 2.70. The van der Waals surface area contributed by atoms with Gasteiger partial charge in [-0.05, 0) is 61.5 Å². The number of phenols is 1. The van der Waals surface area contributed by atoms with Gasteiger partial charge in [-0.3, -0.25) is 4.79 Å². The predicted octanol–water partition coefficient (Wildman–Crippen LogP) is 4.45. The van der Waals surface area contributed by atoms with Crippen molar-refractivity contribution in [3.05, 3.63) is 93.5 Å². The van der Waals surface area contributed by atoms with Crippen LogP contribution in [0.5, 0.6) is 11.5 Å². The molecule has 3 rings (SSSR count). The largest absolute Gasteiger partial charge is 0.508 e. The van der Waals surface area contributed by atoms with E-state index in [1.165, 1.54) is 30.5 Å². The summed E-state index contributed by atoms with van der Waals surface area (Å²) in [4.78, 5) is 24.5. The van der Waals surface area contributed by atoms with Gasteiger partial charge < -0.3 is 9.84 Å². The number of hydrogen-bond donors (Lipinski definition) is 2. The van der Waals surface area contributed by atoms with Gasteiger partial charge in [0.25, 0.3) is 5.91 Å². The highest BCUT2D eigenvalue weighted by Crippen LogP contribution is 2.23. The summed E-state index contributed by atoms with van der Waals surface area (Å²) in [7, 11) is 0. The smallest absolute Gasteiger partial charge is 0.343 e. The van der Waals surface area contributed by atoms with Crippen molar-refractivity contribution < 1.29 is 19.4 Å². The number of halogens is 1. The normalized spacial score (nSPS) is 10.7. The van der Waals surface area contributed by atoms with Crippen molar-refractivity contribution in [2.45, 2.75) is 6.92 Å². The maximum Gasteiger partial charge on any atom is 0.343 e. The van der Waals surface area contributed by atoms with Gasteiger partial charge in [0.1, 0.15) is 11.5 Å². The van der Waals surface area contributed by atoms with Gasteiger partial charge >= 0.3 is 5.97 Å². The van der Waals surface area contributed by atoms with Crippen LogP contribution in [0.4, 0.5) is 0 Å². The van der Waals surface area contributed by atoms with Crippen LogP contribution in [0.3, 0.4) is 0 Å². The molecular weight excluding hydrogens is 436 g/mol. The maximum absolute atomic E-state index is 12.4. The van der Waals surface area contributed by atoms with E-state index in [9.17, 15) is 14.7 Å². The second kappa shape index (κ2) is 9.16. The Balaban J connectivity index is 1.74. The monoisotopic (exact) mass is 452 g/mol. The van der Waals surface area contributed by atoms with Crippen LogP contribution in [0.1, 0.15) is 31.8 Å². The van der Waals surface area contributed by atoms with E-state index in [1.54, 1.807) is 36.4 Å². The molecule has 3 aromatic rings. The number of hydrazone groups is 1. The number of amides is 1. The Morgan fingerprint density at radius 1 is 1.03 bits per heavy atom. The predicted molar refractivity (Wildman–Crippen MR) is 113 cm³/mol. The number of carbonyl (C=O) groups is 2. The molecule has 0 radical (unpaired) electrons. The van der Waals surface area contributed by atoms with E-state index < -0.39 is 11.9 Å². The lowest BCUT2D eigenvalue weighted by Crippen LogP contribution is -2.17. The number of aromatic hydroxyl groups is 1. The fourth-order valence-electron chi connectivity index (χ4n) is 2.48. The minimum atomic E-state index is -0.487. The lowest BCUT2D eigenvalue weighted by Gasteiger charge is -2.08. The van der Waals surface area contributed by atoms with E-state index in [0.29, 0.717) is 22.4 Å². The van der Waals surface area contributed by atoms with E-state index in [2.05, 4.69) is 26.5 Å². The van der Waals surface area contributed by atoms with Crippen molar-refractivity contribution in [1.29, 1.82) is 0 Å². The van der Waals surface area contributed by atoms with Crippen LogP contribution in [0.2, 0.25) is 0 Å². The van der Waals surface area contributed by atoms with Gasteiger partial charge in [-0.15, -0.1) is 0 Å². The summed E-state index contributed by atoms with van der Waals surface area (Å²) >= 11 is 3.37. The fraction of sp³-hybridized carbons (Fsp3) is 0.0455. The van der Waals surface area contributed by atoms with Crippen LogP contribution in [0.25, 0.3) is 0 Å². The summed E-state index contributed by atoms with van der Waals surface area (Å²) in [6.45, 7) is 1.89. The molecule has 0 atom stereocenters. The van der Waals surface area contributed by atoms with E-state index in [0.717, 1.165) is 10.0 Å². The molecule has 0 heterocycles. The van der Waals surface area contributed by atoms with Gasteiger partial charge in [-0.2, -0.15) is 5.10 Å². The molecule has 2 N–H and O–H groups in total. The summed E-state index contributed by atoms with van der Waals surface area (Å²) in [5, 5.41) is 13.2. The molecule has 0 bridgehead atoms. The molecule has 0 aliphatic heterocycles. The van der Waals surface area contributed by atoms with Crippen LogP contribution >= 0.6 is 15.9 Å². The molecule has 1 amide bonds. The zero-order valence-electron chi connectivity index (χ0n) is 15.4. The van der Waals surface area contributed by atoms with Gasteiger partial charge in [0.2, 0.25) is 0 Å². The number of nitrogens with zero attached hydrogens (tertiary/aromatic N) is 1. The molecule has 0 saturated heterocycles. The molecule has 0 fully saturated rings. The number of esters is 1. The van der Waals surface area contributed by atoms with Gasteiger partial charge in [0.15, 0.2) is 0 Å². The third kappa shape index (κ3) is 5.52. The second-order valence-electron chi connectivity index (χ2n) is 6.19. The highest BCUT2D eigenvalue weighted by Gasteiger charge is 2.12. The number of ether oxygens (including phenoxy) is 1. The summed E-state index contributed by atoms with van der Waals surface area (Å²) in [5.74, 6) is -0.546. The van der Waals surface area contributed by atoms with E-state index in [-0.39, 0.29) is 5.75 Å². The van der Waals surface area contributed by atoms with Crippen molar-refractivity contribution in [1.82, 2.24) is 5.43 Å². The molecule has 0 unspecified atom stereocenters. The molecular formula is C22H17BrN2O4. The second-order valence-corrected chi connectivity index (χ2v) is 7.10. The molecule has 146 valence electrons. The van der Waals surface area contributed by atoms with Crippen molar-refractivity contribution >= 4 is 34.0 Å². The van der Waals surface area contributed by atoms with Gasteiger partial charge in [0.05, 0.1) is 11.8 Å². The van der Waals surface area contributed by atoms with Crippen LogP contribution in [-0.2, 0) is 0 Å². The standard InChI is InChI=1S/C22H17BrN2O4/c1-14-3-2-4-16(11-14)22(28)29-20-10-7-18(23)12-17(20)13-24-25-21(27)15-5-8-19(26)9-6-15/h2-13,26H,1H3,(H,25,27)/b24-13+. The lowest BCUT2D eigenvalue weighted by atomic mass is 10.1. The zero-order valence-corrected chi connectivity index (χ0v) is 17.0. The first kappa shape index (κ1) is 20.3. The highest BCUT2D eigenvalue weighted by atomic mass is 79.9. The lowest BCUT2D eigenvalue weighted by molar-refractivity contribution is 0.0734. The fourth-order valence-corrected chi connectivity index (χ4v) is 2.86. The topological polar surface area (TPSA) is 88.0 Å². The zero-order chi connectivity index (χ0) is 20.8. The SMILES string of the molecule is Cc1cccc(C(=O)Oc2ccc(Br)cc2/C=N/NC(=O)c2ccc(O)cc2)c1. The summed E-state index contributed by atoms with van der Waals surface area (Å²) in [6.07, 6.45) is 1.39. The highest BCUT2D eigenvalue weighted by molar-refractivity contribution is 9.10. The number of benzene rings is 3. The number of rotatable bonds is 5. The molecule has 3 aromatic carbocycles. The first-order chi connectivity index (χ1) is 13.9. The van der Waals surface area contributed by atoms with Crippen molar-refractivity contribution in [2.24, 2.45) is 5.10 Å². The third-order valence-electron chi connectivity index (χ3n) is 3.93. The average molecular weight is 453 g/mol. The van der Waals surface area contributed by atoms with Crippen LogP contribution in [0.15, 0.2) is 76.3 Å². The summed E-state index contributed by atoms with van der Waals surface area (Å²) in [5.41, 5.74) is 4.65. The summed E-state index contributed by atoms with van der Waals surface area (Å²) < 4.78 is 6.27. The summed E-state index contributed by atoms with van der Waals surface area (Å²) in [6, 6.07) is 18.0. The number of hydrogen-bond acceptors (Lipinski definition) is 5. The van der Waals surface area contributed by atoms with Crippen LogP contribution in [0, 0.1) is 6.92 Å². The maximum atomic E-state index is 12.4. The van der Waals surface area contributed by atoms with Gasteiger partial charge in [0, 0.05) is 15.6 Å². The number of nitrogens with one attached hydrogen (secondary N) is 1. The molecule has 0 aromatic heterocycles.